The molecule has 0 radical (unpaired) electrons. The molecule has 0 spiro atoms. The van der Waals surface area contributed by atoms with Gasteiger partial charge in [0.1, 0.15) is 4.88 Å². The average Bonchev–Trinajstić information content (AvgIpc) is 3.14. The van der Waals surface area contributed by atoms with Gasteiger partial charge in [0.25, 0.3) is 0 Å². The Morgan fingerprint density at radius 3 is 2.61 bits per heavy atom. The lowest BCUT2D eigenvalue weighted by Gasteiger charge is -2.36. The van der Waals surface area contributed by atoms with Crippen molar-refractivity contribution in [3.05, 3.63) is 27.0 Å². The van der Waals surface area contributed by atoms with Crippen molar-refractivity contribution in [2.75, 3.05) is 19.6 Å². The Morgan fingerprint density at radius 2 is 2.00 bits per heavy atom. The maximum Gasteiger partial charge on any atom is 0.346 e. The van der Waals surface area contributed by atoms with Crippen molar-refractivity contribution in [2.45, 2.75) is 78.6 Å². The molecule has 2 aliphatic rings. The molecule has 2 heterocycles. The highest BCUT2D eigenvalue weighted by Gasteiger charge is 2.31. The van der Waals surface area contributed by atoms with E-state index in [0.717, 1.165) is 50.4 Å². The molecule has 3 rings (SSSR count). The smallest absolute Gasteiger partial charge is 0.346 e. The molecule has 1 N–H and O–H groups in total. The number of thiophene rings is 1. The van der Waals surface area contributed by atoms with E-state index in [2.05, 4.69) is 38.7 Å². The van der Waals surface area contributed by atoms with E-state index < -0.39 is 5.97 Å². The van der Waals surface area contributed by atoms with Gasteiger partial charge in [-0.3, -0.25) is 4.90 Å². The van der Waals surface area contributed by atoms with E-state index in [-0.39, 0.29) is 0 Å². The predicted octanol–water partition coefficient (Wildman–Crippen LogP) is 6.66. The molecular formula is C24H37NO2S. The summed E-state index contributed by atoms with van der Waals surface area (Å²) in [6.07, 6.45) is 8.40. The Kier molecular flexibility index (Phi) is 7.38. The molecule has 1 aromatic heterocycles. The lowest BCUT2D eigenvalue weighted by atomic mass is 9.75. The predicted molar refractivity (Wildman–Crippen MR) is 119 cm³/mol. The van der Waals surface area contributed by atoms with Crippen LogP contribution >= 0.6 is 11.3 Å². The third-order valence-corrected chi connectivity index (χ3v) is 8.25. The molecule has 0 amide bonds. The first kappa shape index (κ1) is 21.6. The minimum absolute atomic E-state index is 0.442. The van der Waals surface area contributed by atoms with Gasteiger partial charge < -0.3 is 5.11 Å². The van der Waals surface area contributed by atoms with Gasteiger partial charge in [-0.2, -0.15) is 0 Å². The van der Waals surface area contributed by atoms with Gasteiger partial charge in [-0.1, -0.05) is 47.0 Å². The van der Waals surface area contributed by atoms with Gasteiger partial charge in [0.05, 0.1) is 0 Å². The van der Waals surface area contributed by atoms with E-state index in [0.29, 0.717) is 16.7 Å². The van der Waals surface area contributed by atoms with Crippen molar-refractivity contribution in [3.63, 3.8) is 0 Å². The van der Waals surface area contributed by atoms with Crippen molar-refractivity contribution in [1.29, 1.82) is 0 Å². The average molecular weight is 404 g/mol. The van der Waals surface area contributed by atoms with Crippen LogP contribution in [-0.4, -0.2) is 35.6 Å². The van der Waals surface area contributed by atoms with Crippen molar-refractivity contribution < 1.29 is 9.90 Å². The number of rotatable bonds is 7. The van der Waals surface area contributed by atoms with Crippen molar-refractivity contribution in [2.24, 2.45) is 11.8 Å². The Morgan fingerprint density at radius 1 is 1.29 bits per heavy atom. The molecule has 1 unspecified atom stereocenters. The van der Waals surface area contributed by atoms with Crippen LogP contribution in [0.5, 0.6) is 0 Å². The highest BCUT2D eigenvalue weighted by molar-refractivity contribution is 7.14. The molecule has 4 heteroatoms. The van der Waals surface area contributed by atoms with Crippen molar-refractivity contribution >= 4 is 22.9 Å². The maximum absolute atomic E-state index is 12.1. The number of likely N-dealkylation sites (N-methyl/N-ethyl adjacent to an activating group) is 1. The lowest BCUT2D eigenvalue weighted by molar-refractivity contribution is 0.0702. The summed E-state index contributed by atoms with van der Waals surface area (Å²) in [4.78, 5) is 16.4. The van der Waals surface area contributed by atoms with Gasteiger partial charge in [0, 0.05) is 23.5 Å². The van der Waals surface area contributed by atoms with Gasteiger partial charge >= 0.3 is 5.97 Å². The fourth-order valence-corrected chi connectivity index (χ4v) is 6.13. The SMILES string of the molecule is CCCC(C)c1cc(C2=C(C3CCC(C)CC3)CN(CC)CC2)c(C(=O)O)s1. The summed E-state index contributed by atoms with van der Waals surface area (Å²) >= 11 is 1.52. The van der Waals surface area contributed by atoms with Crippen LogP contribution in [0.2, 0.25) is 0 Å². The topological polar surface area (TPSA) is 40.5 Å². The quantitative estimate of drug-likeness (QED) is 0.553. The molecule has 1 aliphatic carbocycles. The Hall–Kier alpha value is -1.13. The second kappa shape index (κ2) is 9.58. The second-order valence-corrected chi connectivity index (χ2v) is 10.0. The van der Waals surface area contributed by atoms with Crippen molar-refractivity contribution in [3.8, 4) is 0 Å². The molecule has 3 nitrogen and oxygen atoms in total. The van der Waals surface area contributed by atoms with Crippen LogP contribution in [0.15, 0.2) is 11.6 Å². The third kappa shape index (κ3) is 4.71. The first-order chi connectivity index (χ1) is 13.4. The molecule has 0 aromatic carbocycles. The van der Waals surface area contributed by atoms with Crippen molar-refractivity contribution in [1.82, 2.24) is 4.90 Å². The number of nitrogens with zero attached hydrogens (tertiary/aromatic N) is 1. The van der Waals surface area contributed by atoms with Crippen LogP contribution in [-0.2, 0) is 0 Å². The van der Waals surface area contributed by atoms with Gasteiger partial charge in [0.15, 0.2) is 0 Å². The van der Waals surface area contributed by atoms with Crippen LogP contribution < -0.4 is 0 Å². The summed E-state index contributed by atoms with van der Waals surface area (Å²) in [6, 6.07) is 2.23. The molecule has 1 aromatic rings. The largest absolute Gasteiger partial charge is 0.477 e. The number of carboxylic acid groups (broad SMARTS) is 1. The van der Waals surface area contributed by atoms with Gasteiger partial charge in [0.2, 0.25) is 0 Å². The number of aromatic carboxylic acids is 1. The molecule has 156 valence electrons. The van der Waals surface area contributed by atoms with Crippen LogP contribution in [0.1, 0.15) is 98.7 Å². The number of carboxylic acids is 1. The third-order valence-electron chi connectivity index (χ3n) is 6.89. The summed E-state index contributed by atoms with van der Waals surface area (Å²) in [6.45, 7) is 12.2. The van der Waals surface area contributed by atoms with Crippen LogP contribution in [0.3, 0.4) is 0 Å². The highest BCUT2D eigenvalue weighted by Crippen LogP contribution is 2.43. The van der Waals surface area contributed by atoms with Gasteiger partial charge in [-0.15, -0.1) is 11.3 Å². The van der Waals surface area contributed by atoms with Gasteiger partial charge in [-0.05, 0) is 67.2 Å². The minimum Gasteiger partial charge on any atom is -0.477 e. The highest BCUT2D eigenvalue weighted by atomic mass is 32.1. The zero-order valence-corrected chi connectivity index (χ0v) is 18.9. The fourth-order valence-electron chi connectivity index (χ4n) is 5.02. The summed E-state index contributed by atoms with van der Waals surface area (Å²) < 4.78 is 0. The monoisotopic (exact) mass is 403 g/mol. The normalized spacial score (nSPS) is 25.1. The molecule has 0 saturated heterocycles. The Balaban J connectivity index is 2.02. The summed E-state index contributed by atoms with van der Waals surface area (Å²) in [5, 5.41) is 9.93. The Labute approximate surface area is 174 Å². The van der Waals surface area contributed by atoms with Crippen LogP contribution in [0.4, 0.5) is 0 Å². The number of carbonyl (C=O) groups is 1. The molecule has 1 saturated carbocycles. The van der Waals surface area contributed by atoms with Crippen LogP contribution in [0.25, 0.3) is 5.57 Å². The van der Waals surface area contributed by atoms with Crippen LogP contribution in [0, 0.1) is 11.8 Å². The fraction of sp³-hybridized carbons (Fsp3) is 0.708. The van der Waals surface area contributed by atoms with E-state index >= 15 is 0 Å². The van der Waals surface area contributed by atoms with E-state index in [1.165, 1.54) is 47.5 Å². The molecule has 0 bridgehead atoms. The molecular weight excluding hydrogens is 366 g/mol. The van der Waals surface area contributed by atoms with Gasteiger partial charge in [-0.25, -0.2) is 4.79 Å². The first-order valence-corrected chi connectivity index (χ1v) is 12.1. The molecule has 1 atom stereocenters. The molecule has 1 fully saturated rings. The summed E-state index contributed by atoms with van der Waals surface area (Å²) in [5.41, 5.74) is 3.96. The second-order valence-electron chi connectivity index (χ2n) is 8.97. The summed E-state index contributed by atoms with van der Waals surface area (Å²) in [5.74, 6) is 1.16. The van der Waals surface area contributed by atoms with E-state index in [4.69, 9.17) is 0 Å². The van der Waals surface area contributed by atoms with E-state index in [9.17, 15) is 9.90 Å². The first-order valence-electron chi connectivity index (χ1n) is 11.3. The Bertz CT molecular complexity index is 712. The van der Waals surface area contributed by atoms with E-state index in [1.807, 2.05) is 0 Å². The summed E-state index contributed by atoms with van der Waals surface area (Å²) in [7, 11) is 0. The molecule has 28 heavy (non-hydrogen) atoms. The zero-order valence-electron chi connectivity index (χ0n) is 18.1. The lowest BCUT2D eigenvalue weighted by Crippen LogP contribution is -2.34. The standard InChI is InChI=1S/C24H37NO2S/c1-5-7-17(4)22-14-20(23(28-22)24(26)27)19-12-13-25(6-2)15-21(19)18-10-8-16(3)9-11-18/h14,16-18H,5-13,15H2,1-4H3,(H,26,27). The maximum atomic E-state index is 12.1. The van der Waals surface area contributed by atoms with E-state index in [1.54, 1.807) is 5.57 Å². The number of hydrogen-bond acceptors (Lipinski definition) is 3. The zero-order chi connectivity index (χ0) is 20.3. The molecule has 1 aliphatic heterocycles. The number of hydrogen-bond donors (Lipinski definition) is 1. The minimum atomic E-state index is -0.753.